The lowest BCUT2D eigenvalue weighted by atomic mass is 10.3. The smallest absolute Gasteiger partial charge is 0.269 e. The van der Waals surface area contributed by atoms with Crippen molar-refractivity contribution in [1.29, 1.82) is 0 Å². The van der Waals surface area contributed by atoms with Gasteiger partial charge in [0.25, 0.3) is 21.4 Å². The first-order chi connectivity index (χ1) is 10.7. The molecule has 0 unspecified atom stereocenters. The number of rotatable bonds is 5. The van der Waals surface area contributed by atoms with E-state index in [1.54, 1.807) is 0 Å². The lowest BCUT2D eigenvalue weighted by Crippen LogP contribution is -2.26. The fourth-order valence-corrected chi connectivity index (χ4v) is 3.08. The minimum Gasteiger partial charge on any atom is -0.269 e. The molecule has 0 heterocycles. The first kappa shape index (κ1) is 16.4. The van der Waals surface area contributed by atoms with Gasteiger partial charge in [0.1, 0.15) is 0 Å². The molecule has 10 heteroatoms. The molecule has 0 amide bonds. The van der Waals surface area contributed by atoms with Crippen LogP contribution in [-0.4, -0.2) is 25.3 Å². The van der Waals surface area contributed by atoms with Gasteiger partial charge in [-0.3, -0.25) is 24.5 Å². The summed E-state index contributed by atoms with van der Waals surface area (Å²) in [5.41, 5.74) is -0.548. The molecule has 0 radical (unpaired) electrons. The van der Waals surface area contributed by atoms with Gasteiger partial charge in [-0.05, 0) is 12.1 Å². The number of nitro groups is 2. The van der Waals surface area contributed by atoms with Crippen molar-refractivity contribution >= 4 is 27.1 Å². The largest absolute Gasteiger partial charge is 0.271 e. The zero-order valence-corrected chi connectivity index (χ0v) is 12.6. The Bertz CT molecular complexity index is 881. The summed E-state index contributed by atoms with van der Waals surface area (Å²) in [5.74, 6) is 0. The van der Waals surface area contributed by atoms with E-state index in [0.717, 1.165) is 16.4 Å². The highest BCUT2D eigenvalue weighted by atomic mass is 32.2. The maximum Gasteiger partial charge on any atom is 0.271 e. The average molecular weight is 337 g/mol. The molecule has 9 nitrogen and oxygen atoms in total. The van der Waals surface area contributed by atoms with Crippen LogP contribution in [0.25, 0.3) is 0 Å². The first-order valence-corrected chi connectivity index (χ1v) is 7.65. The standard InChI is InChI=1S/C13H11N3O6S/c1-14(10-4-2-5-11(8-10)15(17)18)23(21,22)13-7-3-6-12(9-13)16(19)20/h2-9H,1H3. The van der Waals surface area contributed by atoms with E-state index < -0.39 is 19.9 Å². The van der Waals surface area contributed by atoms with Crippen LogP contribution >= 0.6 is 0 Å². The Labute approximate surface area is 131 Å². The third-order valence-corrected chi connectivity index (χ3v) is 4.87. The van der Waals surface area contributed by atoms with Crippen molar-refractivity contribution in [2.24, 2.45) is 0 Å². The van der Waals surface area contributed by atoms with E-state index >= 15 is 0 Å². The Balaban J connectivity index is 2.47. The minimum atomic E-state index is -4.08. The molecule has 0 spiro atoms. The van der Waals surface area contributed by atoms with Crippen LogP contribution in [0.2, 0.25) is 0 Å². The van der Waals surface area contributed by atoms with Crippen LogP contribution < -0.4 is 4.31 Å². The number of non-ortho nitro benzene ring substituents is 2. The van der Waals surface area contributed by atoms with Crippen molar-refractivity contribution in [2.45, 2.75) is 4.90 Å². The number of sulfonamides is 1. The number of benzene rings is 2. The molecular weight excluding hydrogens is 326 g/mol. The molecule has 23 heavy (non-hydrogen) atoms. The Morgan fingerprint density at radius 3 is 2.00 bits per heavy atom. The van der Waals surface area contributed by atoms with E-state index in [0.29, 0.717) is 0 Å². The van der Waals surface area contributed by atoms with Gasteiger partial charge < -0.3 is 0 Å². The second kappa shape index (κ2) is 6.01. The Morgan fingerprint density at radius 2 is 1.43 bits per heavy atom. The molecule has 2 aromatic carbocycles. The van der Waals surface area contributed by atoms with Crippen molar-refractivity contribution in [3.8, 4) is 0 Å². The second-order valence-corrected chi connectivity index (χ2v) is 6.47. The van der Waals surface area contributed by atoms with Crippen LogP contribution in [0.3, 0.4) is 0 Å². The third kappa shape index (κ3) is 3.26. The van der Waals surface area contributed by atoms with E-state index in [9.17, 15) is 28.6 Å². The van der Waals surface area contributed by atoms with Gasteiger partial charge in [0.2, 0.25) is 0 Å². The molecule has 0 aliphatic heterocycles. The lowest BCUT2D eigenvalue weighted by Gasteiger charge is -2.19. The SMILES string of the molecule is CN(c1cccc([N+](=O)[O-])c1)S(=O)(=O)c1cccc([N+](=O)[O-])c1. The Morgan fingerprint density at radius 1 is 0.913 bits per heavy atom. The molecule has 0 N–H and O–H groups in total. The van der Waals surface area contributed by atoms with Gasteiger partial charge >= 0.3 is 0 Å². The highest BCUT2D eigenvalue weighted by Crippen LogP contribution is 2.26. The van der Waals surface area contributed by atoms with Crippen LogP contribution in [0.15, 0.2) is 53.4 Å². The molecule has 0 saturated heterocycles. The number of hydrogen-bond acceptors (Lipinski definition) is 6. The normalized spacial score (nSPS) is 11.0. The maximum absolute atomic E-state index is 12.5. The van der Waals surface area contributed by atoms with E-state index in [-0.39, 0.29) is 22.0 Å². The monoisotopic (exact) mass is 337 g/mol. The van der Waals surface area contributed by atoms with Crippen molar-refractivity contribution in [3.63, 3.8) is 0 Å². The summed E-state index contributed by atoms with van der Waals surface area (Å²) in [6.07, 6.45) is 0. The first-order valence-electron chi connectivity index (χ1n) is 6.21. The molecule has 0 fully saturated rings. The molecule has 0 saturated carbocycles. The Hall–Kier alpha value is -3.01. The van der Waals surface area contributed by atoms with Crippen LogP contribution in [0.4, 0.5) is 17.1 Å². The summed E-state index contributed by atoms with van der Waals surface area (Å²) in [7, 11) is -2.87. The van der Waals surface area contributed by atoms with E-state index in [1.165, 1.54) is 43.4 Å². The fourth-order valence-electron chi connectivity index (χ4n) is 1.86. The molecule has 2 rings (SSSR count). The topological polar surface area (TPSA) is 124 Å². The van der Waals surface area contributed by atoms with Gasteiger partial charge in [0.05, 0.1) is 20.4 Å². The third-order valence-electron chi connectivity index (χ3n) is 3.09. The predicted molar refractivity (Wildman–Crippen MR) is 81.8 cm³/mol. The van der Waals surface area contributed by atoms with Gasteiger partial charge in [0, 0.05) is 31.3 Å². The van der Waals surface area contributed by atoms with Crippen molar-refractivity contribution in [3.05, 3.63) is 68.8 Å². The predicted octanol–water partition coefficient (Wildman–Crippen LogP) is 2.33. The zero-order chi connectivity index (χ0) is 17.2. The van der Waals surface area contributed by atoms with Gasteiger partial charge in [-0.1, -0.05) is 12.1 Å². The highest BCUT2D eigenvalue weighted by Gasteiger charge is 2.24. The van der Waals surface area contributed by atoms with Gasteiger partial charge in [0.15, 0.2) is 0 Å². The van der Waals surface area contributed by atoms with Gasteiger partial charge in [-0.2, -0.15) is 0 Å². The molecule has 0 bridgehead atoms. The molecule has 0 aromatic heterocycles. The van der Waals surface area contributed by atoms with Crippen LogP contribution in [0.5, 0.6) is 0 Å². The summed E-state index contributed by atoms with van der Waals surface area (Å²) in [6.45, 7) is 0. The second-order valence-electron chi connectivity index (χ2n) is 4.50. The summed E-state index contributed by atoms with van der Waals surface area (Å²) < 4.78 is 25.9. The van der Waals surface area contributed by atoms with E-state index in [2.05, 4.69) is 0 Å². The highest BCUT2D eigenvalue weighted by molar-refractivity contribution is 7.92. The minimum absolute atomic E-state index is 0.0747. The van der Waals surface area contributed by atoms with Crippen LogP contribution in [0.1, 0.15) is 0 Å². The number of nitro benzene ring substituents is 2. The van der Waals surface area contributed by atoms with E-state index in [1.807, 2.05) is 0 Å². The molecule has 0 aliphatic carbocycles. The van der Waals surface area contributed by atoms with Gasteiger partial charge in [-0.25, -0.2) is 8.42 Å². The lowest BCUT2D eigenvalue weighted by molar-refractivity contribution is -0.385. The van der Waals surface area contributed by atoms with E-state index in [4.69, 9.17) is 0 Å². The molecule has 0 aliphatic rings. The molecule has 2 aromatic rings. The summed E-state index contributed by atoms with van der Waals surface area (Å²) in [4.78, 5) is 19.9. The quantitative estimate of drug-likeness (QED) is 0.609. The summed E-state index contributed by atoms with van der Waals surface area (Å²) in [6, 6.07) is 9.67. The van der Waals surface area contributed by atoms with Crippen LogP contribution in [-0.2, 0) is 10.0 Å². The van der Waals surface area contributed by atoms with Crippen molar-refractivity contribution in [2.75, 3.05) is 11.4 Å². The summed E-state index contributed by atoms with van der Waals surface area (Å²) in [5, 5.41) is 21.5. The number of hydrogen-bond donors (Lipinski definition) is 0. The van der Waals surface area contributed by atoms with Crippen LogP contribution in [0, 0.1) is 20.2 Å². The van der Waals surface area contributed by atoms with Gasteiger partial charge in [-0.15, -0.1) is 0 Å². The molecular formula is C13H11N3O6S. The molecule has 120 valence electrons. The van der Waals surface area contributed by atoms with Crippen molar-refractivity contribution in [1.82, 2.24) is 0 Å². The average Bonchev–Trinajstić information content (AvgIpc) is 2.54. The van der Waals surface area contributed by atoms with Crippen molar-refractivity contribution < 1.29 is 18.3 Å². The molecule has 0 atom stereocenters. The summed E-state index contributed by atoms with van der Waals surface area (Å²) >= 11 is 0. The zero-order valence-electron chi connectivity index (χ0n) is 11.8. The number of nitrogens with zero attached hydrogens (tertiary/aromatic N) is 3. The Kier molecular flexibility index (Phi) is 4.27. The fraction of sp³-hybridized carbons (Fsp3) is 0.0769. The maximum atomic E-state index is 12.5. The number of anilines is 1.